The summed E-state index contributed by atoms with van der Waals surface area (Å²) in [6.07, 6.45) is 6.65. The molecule has 4 atom stereocenters. The Balaban J connectivity index is 1.38. The number of hydrogen-bond donors (Lipinski definition) is 2. The molecule has 3 aliphatic rings. The standard InChI is InChI=1S/C19H25FN2O/c20-14-6-4-11(5-7-14)16-10-17(16)19(23)22-18-12-2-1-3-13(18)9-15(21)8-12/h4-7,12-13,15-18H,1-3,8-10,21H2,(H,22,23). The van der Waals surface area contributed by atoms with Crippen LogP contribution in [0.4, 0.5) is 4.39 Å². The van der Waals surface area contributed by atoms with Crippen LogP contribution in [0.1, 0.15) is 50.0 Å². The summed E-state index contributed by atoms with van der Waals surface area (Å²) < 4.78 is 13.0. The molecule has 3 aliphatic carbocycles. The topological polar surface area (TPSA) is 55.1 Å². The summed E-state index contributed by atoms with van der Waals surface area (Å²) in [4.78, 5) is 12.6. The highest BCUT2D eigenvalue weighted by atomic mass is 19.1. The molecule has 124 valence electrons. The Morgan fingerprint density at radius 1 is 1.09 bits per heavy atom. The molecule has 0 heterocycles. The van der Waals surface area contributed by atoms with E-state index in [1.165, 1.54) is 31.4 Å². The molecule has 1 aromatic carbocycles. The number of rotatable bonds is 3. The smallest absolute Gasteiger partial charge is 0.223 e. The minimum Gasteiger partial charge on any atom is -0.353 e. The van der Waals surface area contributed by atoms with Gasteiger partial charge in [0.2, 0.25) is 5.91 Å². The molecule has 0 aliphatic heterocycles. The van der Waals surface area contributed by atoms with Gasteiger partial charge in [0.1, 0.15) is 5.82 Å². The zero-order valence-electron chi connectivity index (χ0n) is 13.4. The Labute approximate surface area is 136 Å². The first-order valence-corrected chi connectivity index (χ1v) is 8.93. The molecule has 4 heteroatoms. The van der Waals surface area contributed by atoms with Crippen LogP contribution in [0.3, 0.4) is 0 Å². The zero-order valence-corrected chi connectivity index (χ0v) is 13.4. The lowest BCUT2D eigenvalue weighted by Gasteiger charge is -2.45. The van der Waals surface area contributed by atoms with Crippen LogP contribution < -0.4 is 11.1 Å². The van der Waals surface area contributed by atoms with Gasteiger partial charge in [-0.15, -0.1) is 0 Å². The van der Waals surface area contributed by atoms with Crippen LogP contribution in [0.25, 0.3) is 0 Å². The summed E-state index contributed by atoms with van der Waals surface area (Å²) in [6, 6.07) is 7.21. The molecule has 1 amide bonds. The number of benzene rings is 1. The third-order valence-corrected chi connectivity index (χ3v) is 6.11. The third-order valence-electron chi connectivity index (χ3n) is 6.11. The first-order chi connectivity index (χ1) is 11.1. The van der Waals surface area contributed by atoms with Crippen molar-refractivity contribution in [3.63, 3.8) is 0 Å². The van der Waals surface area contributed by atoms with E-state index >= 15 is 0 Å². The lowest BCUT2D eigenvalue weighted by molar-refractivity contribution is -0.124. The predicted molar refractivity (Wildman–Crippen MR) is 87.2 cm³/mol. The molecule has 3 N–H and O–H groups in total. The summed E-state index contributed by atoms with van der Waals surface area (Å²) in [6.45, 7) is 0. The molecular weight excluding hydrogens is 291 g/mol. The number of nitrogens with two attached hydrogens (primary N) is 1. The molecule has 3 saturated carbocycles. The van der Waals surface area contributed by atoms with Crippen molar-refractivity contribution in [3.8, 4) is 0 Å². The number of halogens is 1. The molecule has 0 radical (unpaired) electrons. The quantitative estimate of drug-likeness (QED) is 0.901. The van der Waals surface area contributed by atoms with E-state index in [-0.39, 0.29) is 23.6 Å². The van der Waals surface area contributed by atoms with Crippen LogP contribution in [-0.2, 0) is 4.79 Å². The SMILES string of the molecule is NC1CC2CCCC(C1)C2NC(=O)C1CC1c1ccc(F)cc1. The van der Waals surface area contributed by atoms with Crippen molar-refractivity contribution < 1.29 is 9.18 Å². The lowest BCUT2D eigenvalue weighted by atomic mass is 9.67. The molecule has 23 heavy (non-hydrogen) atoms. The molecule has 2 bridgehead atoms. The number of amides is 1. The van der Waals surface area contributed by atoms with Gasteiger partial charge in [-0.05, 0) is 67.6 Å². The molecule has 1 aromatic rings. The van der Waals surface area contributed by atoms with Crippen LogP contribution in [0.2, 0.25) is 0 Å². The molecular formula is C19H25FN2O. The van der Waals surface area contributed by atoms with Gasteiger partial charge in [-0.2, -0.15) is 0 Å². The van der Waals surface area contributed by atoms with E-state index in [9.17, 15) is 9.18 Å². The minimum atomic E-state index is -0.221. The van der Waals surface area contributed by atoms with Gasteiger partial charge >= 0.3 is 0 Å². The highest BCUT2D eigenvalue weighted by Gasteiger charge is 2.47. The van der Waals surface area contributed by atoms with Gasteiger partial charge in [-0.1, -0.05) is 18.6 Å². The first-order valence-electron chi connectivity index (χ1n) is 8.93. The second-order valence-corrected chi connectivity index (χ2v) is 7.72. The maximum absolute atomic E-state index is 13.0. The Hall–Kier alpha value is -1.42. The Morgan fingerprint density at radius 2 is 1.74 bits per heavy atom. The average molecular weight is 316 g/mol. The summed E-state index contributed by atoms with van der Waals surface area (Å²) in [5.41, 5.74) is 7.24. The Morgan fingerprint density at radius 3 is 2.39 bits per heavy atom. The van der Waals surface area contributed by atoms with E-state index in [1.807, 2.05) is 12.1 Å². The summed E-state index contributed by atoms with van der Waals surface area (Å²) in [7, 11) is 0. The zero-order chi connectivity index (χ0) is 16.0. The van der Waals surface area contributed by atoms with Crippen LogP contribution in [0.5, 0.6) is 0 Å². The molecule has 3 fully saturated rings. The monoisotopic (exact) mass is 316 g/mol. The highest BCUT2D eigenvalue weighted by molar-refractivity contribution is 5.83. The van der Waals surface area contributed by atoms with Crippen LogP contribution >= 0.6 is 0 Å². The van der Waals surface area contributed by atoms with Gasteiger partial charge < -0.3 is 11.1 Å². The lowest BCUT2D eigenvalue weighted by Crippen LogP contribution is -2.54. The van der Waals surface area contributed by atoms with Crippen LogP contribution in [-0.4, -0.2) is 18.0 Å². The second kappa shape index (κ2) is 5.90. The number of fused-ring (bicyclic) bond motifs is 2. The number of nitrogens with one attached hydrogen (secondary N) is 1. The van der Waals surface area contributed by atoms with E-state index in [1.54, 1.807) is 0 Å². The number of carbonyl (C=O) groups is 1. The summed E-state index contributed by atoms with van der Waals surface area (Å²) in [5, 5.41) is 3.35. The van der Waals surface area contributed by atoms with Crippen molar-refractivity contribution in [3.05, 3.63) is 35.6 Å². The van der Waals surface area contributed by atoms with Gasteiger partial charge in [0, 0.05) is 18.0 Å². The average Bonchev–Trinajstić information content (AvgIpc) is 3.29. The van der Waals surface area contributed by atoms with E-state index in [4.69, 9.17) is 5.73 Å². The van der Waals surface area contributed by atoms with Gasteiger partial charge in [0.05, 0.1) is 0 Å². The molecule has 0 spiro atoms. The molecule has 3 nitrogen and oxygen atoms in total. The van der Waals surface area contributed by atoms with Crippen molar-refractivity contribution in [1.82, 2.24) is 5.32 Å². The van der Waals surface area contributed by atoms with E-state index in [0.717, 1.165) is 24.8 Å². The van der Waals surface area contributed by atoms with Crippen molar-refractivity contribution in [2.75, 3.05) is 0 Å². The van der Waals surface area contributed by atoms with Crippen LogP contribution in [0, 0.1) is 23.6 Å². The first kappa shape index (κ1) is 15.1. The van der Waals surface area contributed by atoms with Gasteiger partial charge in [0.25, 0.3) is 0 Å². The fourth-order valence-corrected chi connectivity index (χ4v) is 4.86. The molecule has 0 saturated heterocycles. The fourth-order valence-electron chi connectivity index (χ4n) is 4.86. The Kier molecular flexibility index (Phi) is 3.88. The third kappa shape index (κ3) is 3.01. The maximum atomic E-state index is 13.0. The number of carbonyl (C=O) groups excluding carboxylic acids is 1. The molecule has 4 unspecified atom stereocenters. The summed E-state index contributed by atoms with van der Waals surface area (Å²) in [5.74, 6) is 1.42. The largest absolute Gasteiger partial charge is 0.353 e. The fraction of sp³-hybridized carbons (Fsp3) is 0.632. The van der Waals surface area contributed by atoms with Crippen LogP contribution in [0.15, 0.2) is 24.3 Å². The van der Waals surface area contributed by atoms with Crippen molar-refractivity contribution in [2.45, 2.75) is 56.5 Å². The summed E-state index contributed by atoms with van der Waals surface area (Å²) >= 11 is 0. The molecule has 0 aromatic heterocycles. The van der Waals surface area contributed by atoms with Gasteiger partial charge in [0.15, 0.2) is 0 Å². The molecule has 4 rings (SSSR count). The predicted octanol–water partition coefficient (Wildman–Crippen LogP) is 2.95. The van der Waals surface area contributed by atoms with Crippen molar-refractivity contribution in [2.24, 2.45) is 23.5 Å². The van der Waals surface area contributed by atoms with Gasteiger partial charge in [-0.3, -0.25) is 4.79 Å². The second-order valence-electron chi connectivity index (χ2n) is 7.72. The van der Waals surface area contributed by atoms with Crippen molar-refractivity contribution >= 4 is 5.91 Å². The van der Waals surface area contributed by atoms with E-state index in [0.29, 0.717) is 23.9 Å². The Bertz CT molecular complexity index is 574. The number of hydrogen-bond acceptors (Lipinski definition) is 2. The normalized spacial score (nSPS) is 38.9. The maximum Gasteiger partial charge on any atom is 0.223 e. The van der Waals surface area contributed by atoms with E-state index < -0.39 is 0 Å². The minimum absolute atomic E-state index is 0.0665. The van der Waals surface area contributed by atoms with Gasteiger partial charge in [-0.25, -0.2) is 4.39 Å². The van der Waals surface area contributed by atoms with Crippen molar-refractivity contribution in [1.29, 1.82) is 0 Å². The van der Waals surface area contributed by atoms with E-state index in [2.05, 4.69) is 5.32 Å². The highest BCUT2D eigenvalue weighted by Crippen LogP contribution is 2.48.